The first-order valence-corrected chi connectivity index (χ1v) is 8.74. The van der Waals surface area contributed by atoms with Crippen LogP contribution in [0.5, 0.6) is 0 Å². The third-order valence-electron chi connectivity index (χ3n) is 3.37. The molecule has 0 saturated carbocycles. The predicted molar refractivity (Wildman–Crippen MR) is 101 cm³/mol. The van der Waals surface area contributed by atoms with E-state index in [2.05, 4.69) is 24.6 Å². The molecule has 1 unspecified atom stereocenters. The quantitative estimate of drug-likeness (QED) is 0.527. The van der Waals surface area contributed by atoms with Crippen molar-refractivity contribution in [3.05, 3.63) is 24.0 Å². The number of rotatable bonds is 7. The van der Waals surface area contributed by atoms with Crippen LogP contribution in [-0.2, 0) is 19.1 Å². The first-order valence-electron chi connectivity index (χ1n) is 8.74. The summed E-state index contributed by atoms with van der Waals surface area (Å²) in [5, 5.41) is 17.0. The average molecular weight is 363 g/mol. The third kappa shape index (κ3) is 17.3. The molecule has 26 heavy (non-hydrogen) atoms. The van der Waals surface area contributed by atoms with Crippen LogP contribution in [0.2, 0.25) is 5.09 Å². The van der Waals surface area contributed by atoms with Crippen LogP contribution in [0, 0.1) is 5.92 Å². The molecule has 0 aliphatic heterocycles. The number of methoxy groups -OCH3 is 1. The summed E-state index contributed by atoms with van der Waals surface area (Å²) >= 11 is 2.21. The summed E-state index contributed by atoms with van der Waals surface area (Å²) in [6, 6.07) is 0. The Labute approximate surface area is 165 Å². The summed E-state index contributed by atoms with van der Waals surface area (Å²) in [5.41, 5.74) is 0. The monoisotopic (exact) mass is 363 g/mol. The number of hydrogen-bond acceptors (Lipinski definition) is 5. The number of carboxylic acid groups (broad SMARTS) is 2. The summed E-state index contributed by atoms with van der Waals surface area (Å²) in [6.45, 7) is 3.05. The van der Waals surface area contributed by atoms with Gasteiger partial charge in [0.15, 0.2) is 5.78 Å². The minimum absolute atomic E-state index is 0.161. The Morgan fingerprint density at radius 3 is 2.12 bits per heavy atom. The molecule has 0 aromatic heterocycles. The molecule has 0 spiro atoms. The van der Waals surface area contributed by atoms with Crippen LogP contribution >= 0.6 is 0 Å². The number of allylic oxidation sites excluding steroid dienone is 2. The maximum atomic E-state index is 11.5. The van der Waals surface area contributed by atoms with E-state index in [4.69, 9.17) is 14.9 Å². The van der Waals surface area contributed by atoms with E-state index in [-0.39, 0.29) is 11.7 Å². The Balaban J connectivity index is 0. The predicted octanol–water partition coefficient (Wildman–Crippen LogP) is 2.14. The van der Waals surface area contributed by atoms with Gasteiger partial charge in [-0.1, -0.05) is 0 Å². The zero-order valence-electron chi connectivity index (χ0n) is 16.5. The van der Waals surface area contributed by atoms with Crippen LogP contribution in [0.1, 0.15) is 32.6 Å². The molecule has 1 rings (SSSR count). The topological polar surface area (TPSA) is 104 Å². The number of ketones is 1. The second-order valence-corrected chi connectivity index (χ2v) is 6.08. The first-order chi connectivity index (χ1) is 12.2. The van der Waals surface area contributed by atoms with Gasteiger partial charge in [0.05, 0.1) is 12.9 Å². The van der Waals surface area contributed by atoms with E-state index >= 15 is 0 Å². The van der Waals surface area contributed by atoms with Gasteiger partial charge in [0.1, 0.15) is 0 Å². The van der Waals surface area contributed by atoms with E-state index in [1.807, 2.05) is 19.0 Å². The molecule has 7 nitrogen and oxygen atoms in total. The molecule has 8 heteroatoms. The SMILES string of the molecule is COC1=CC(=O)C(CN(C)C)CC1.O=C(O)C=CC(=O)O.[Li][CH2]CCC. The number of aliphatic carboxylic acids is 2. The van der Waals surface area contributed by atoms with E-state index < -0.39 is 11.9 Å². The Morgan fingerprint density at radius 2 is 1.85 bits per heavy atom. The van der Waals surface area contributed by atoms with Gasteiger partial charge in [-0.25, -0.2) is 9.59 Å². The molecule has 0 aromatic rings. The zero-order valence-corrected chi connectivity index (χ0v) is 16.5. The number of hydrogen-bond donors (Lipinski definition) is 2. The van der Waals surface area contributed by atoms with Gasteiger partial charge in [0.25, 0.3) is 0 Å². The molecule has 1 atom stereocenters. The van der Waals surface area contributed by atoms with Crippen molar-refractivity contribution >= 4 is 35.4 Å². The summed E-state index contributed by atoms with van der Waals surface area (Å²) < 4.78 is 5.04. The van der Waals surface area contributed by atoms with E-state index in [0.717, 1.165) is 25.1 Å². The summed E-state index contributed by atoms with van der Waals surface area (Å²) in [7, 11) is 5.59. The fourth-order valence-corrected chi connectivity index (χ4v) is 2.09. The van der Waals surface area contributed by atoms with E-state index in [1.165, 1.54) is 17.9 Å². The second-order valence-electron chi connectivity index (χ2n) is 6.08. The van der Waals surface area contributed by atoms with E-state index in [9.17, 15) is 14.4 Å². The van der Waals surface area contributed by atoms with Crippen molar-refractivity contribution in [3.8, 4) is 0 Å². The van der Waals surface area contributed by atoms with Crippen molar-refractivity contribution in [1.82, 2.24) is 4.90 Å². The molecule has 0 amide bonds. The van der Waals surface area contributed by atoms with Crippen LogP contribution in [-0.4, -0.2) is 78.3 Å². The van der Waals surface area contributed by atoms with Gasteiger partial charge < -0.3 is 19.8 Å². The van der Waals surface area contributed by atoms with Crippen molar-refractivity contribution < 1.29 is 29.3 Å². The fourth-order valence-electron chi connectivity index (χ4n) is 2.09. The number of carbonyl (C=O) groups excluding carboxylic acids is 1. The molecular formula is C18H30LiNO6. The van der Waals surface area contributed by atoms with Crippen LogP contribution in [0.15, 0.2) is 24.0 Å². The Kier molecular flexibility index (Phi) is 17.3. The molecule has 1 aliphatic carbocycles. The minimum atomic E-state index is -1.26. The van der Waals surface area contributed by atoms with Crippen molar-refractivity contribution in [1.29, 1.82) is 0 Å². The van der Waals surface area contributed by atoms with Crippen LogP contribution < -0.4 is 0 Å². The number of unbranched alkanes of at least 4 members (excludes halogenated alkanes) is 1. The normalized spacial score (nSPS) is 16.2. The van der Waals surface area contributed by atoms with E-state index in [1.54, 1.807) is 13.2 Å². The molecule has 144 valence electrons. The Morgan fingerprint density at radius 1 is 1.31 bits per heavy atom. The molecule has 0 heterocycles. The van der Waals surface area contributed by atoms with Crippen LogP contribution in [0.3, 0.4) is 0 Å². The van der Waals surface area contributed by atoms with E-state index in [0.29, 0.717) is 12.2 Å². The summed E-state index contributed by atoms with van der Waals surface area (Å²) in [5.74, 6) is -1.33. The van der Waals surface area contributed by atoms with Crippen LogP contribution in [0.4, 0.5) is 0 Å². The number of carboxylic acids is 2. The van der Waals surface area contributed by atoms with Crippen molar-refractivity contribution in [2.75, 3.05) is 27.7 Å². The molecule has 0 radical (unpaired) electrons. The second kappa shape index (κ2) is 16.9. The van der Waals surface area contributed by atoms with Gasteiger partial charge in [-0.3, -0.25) is 4.79 Å². The van der Waals surface area contributed by atoms with Gasteiger partial charge >= 0.3 is 54.5 Å². The van der Waals surface area contributed by atoms with Gasteiger partial charge in [0, 0.05) is 37.1 Å². The number of ether oxygens (including phenoxy) is 1. The fraction of sp³-hybridized carbons (Fsp3) is 0.611. The molecular weight excluding hydrogens is 333 g/mol. The average Bonchev–Trinajstić information content (AvgIpc) is 2.56. The molecule has 0 fully saturated rings. The van der Waals surface area contributed by atoms with Gasteiger partial charge in [-0.05, 0) is 20.5 Å². The number of nitrogens with zero attached hydrogens (tertiary/aromatic N) is 1. The Bertz CT molecular complexity index is 470. The van der Waals surface area contributed by atoms with Crippen molar-refractivity contribution in [2.24, 2.45) is 5.92 Å². The third-order valence-corrected chi connectivity index (χ3v) is 3.37. The number of carbonyl (C=O) groups is 3. The Hall–Kier alpha value is -1.55. The molecule has 2 N–H and O–H groups in total. The summed E-state index contributed by atoms with van der Waals surface area (Å²) in [4.78, 5) is 32.7. The van der Waals surface area contributed by atoms with Crippen molar-refractivity contribution in [3.63, 3.8) is 0 Å². The maximum absolute atomic E-state index is 11.5. The first kappa shape index (κ1) is 26.7. The van der Waals surface area contributed by atoms with Gasteiger partial charge in [-0.15, -0.1) is 0 Å². The molecule has 1 aliphatic rings. The summed E-state index contributed by atoms with van der Waals surface area (Å²) in [6.07, 6.45) is 7.29. The zero-order chi connectivity index (χ0) is 20.5. The molecule has 0 saturated heterocycles. The van der Waals surface area contributed by atoms with Gasteiger partial charge in [-0.2, -0.15) is 0 Å². The standard InChI is InChI=1S/C10H17NO2.C4H4O4.C4H9.Li/c1-11(2)7-8-4-5-9(13-3)6-10(8)12;5-3(6)1-2-4(7)8;1-3-4-2;/h6,8H,4-5,7H2,1-3H3;1-2H,(H,5,6)(H,7,8);1,3-4H2,2H3;. The van der Waals surface area contributed by atoms with Crippen molar-refractivity contribution in [2.45, 2.75) is 37.7 Å². The molecule has 0 aromatic carbocycles. The van der Waals surface area contributed by atoms with Gasteiger partial charge in [0.2, 0.25) is 0 Å². The van der Waals surface area contributed by atoms with Crippen LogP contribution in [0.25, 0.3) is 0 Å². The molecule has 0 bridgehead atoms.